The first-order chi connectivity index (χ1) is 8.90. The molecule has 0 spiro atoms. The van der Waals surface area contributed by atoms with Crippen molar-refractivity contribution >= 4 is 5.69 Å². The molecule has 106 valence electrons. The minimum absolute atomic E-state index is 0.140. The summed E-state index contributed by atoms with van der Waals surface area (Å²) in [5.74, 6) is 0.434. The van der Waals surface area contributed by atoms with Crippen molar-refractivity contribution in [1.82, 2.24) is 0 Å². The van der Waals surface area contributed by atoms with Crippen molar-refractivity contribution in [1.29, 1.82) is 0 Å². The van der Waals surface area contributed by atoms with Crippen LogP contribution in [-0.4, -0.2) is 12.6 Å². The van der Waals surface area contributed by atoms with Gasteiger partial charge in [-0.3, -0.25) is 0 Å². The van der Waals surface area contributed by atoms with E-state index in [2.05, 4.69) is 18.7 Å². The summed E-state index contributed by atoms with van der Waals surface area (Å²) < 4.78 is 13.8. The Bertz CT molecular complexity index is 450. The number of hydrogen-bond acceptors (Lipinski definition) is 2. The highest BCUT2D eigenvalue weighted by atomic mass is 19.1. The van der Waals surface area contributed by atoms with Crippen LogP contribution in [0.3, 0.4) is 0 Å². The van der Waals surface area contributed by atoms with Gasteiger partial charge in [0.05, 0.1) is 0 Å². The number of nitrogens with two attached hydrogens (primary N) is 1. The number of aryl methyl sites for hydroxylation is 1. The third-order valence-corrected chi connectivity index (χ3v) is 3.66. The van der Waals surface area contributed by atoms with Crippen LogP contribution in [0.5, 0.6) is 0 Å². The van der Waals surface area contributed by atoms with E-state index in [1.165, 1.54) is 12.8 Å². The Morgan fingerprint density at radius 2 is 1.95 bits per heavy atom. The Hall–Kier alpha value is -1.09. The van der Waals surface area contributed by atoms with Crippen LogP contribution in [0, 0.1) is 18.7 Å². The van der Waals surface area contributed by atoms with Crippen LogP contribution >= 0.6 is 0 Å². The van der Waals surface area contributed by atoms with Gasteiger partial charge in [-0.05, 0) is 55.9 Å². The minimum atomic E-state index is -0.156. The highest BCUT2D eigenvalue weighted by molar-refractivity contribution is 5.58. The molecule has 1 saturated carbocycles. The normalized spacial score (nSPS) is 16.8. The highest BCUT2D eigenvalue weighted by Crippen LogP contribution is 2.37. The molecule has 0 saturated heterocycles. The van der Waals surface area contributed by atoms with Gasteiger partial charge in [-0.1, -0.05) is 13.8 Å². The lowest BCUT2D eigenvalue weighted by molar-refractivity contribution is 0.595. The summed E-state index contributed by atoms with van der Waals surface area (Å²) in [6.07, 6.45) is 2.48. The van der Waals surface area contributed by atoms with E-state index in [1.807, 2.05) is 19.9 Å². The molecule has 3 heteroatoms. The van der Waals surface area contributed by atoms with Gasteiger partial charge < -0.3 is 10.6 Å². The van der Waals surface area contributed by atoms with E-state index in [0.717, 1.165) is 17.8 Å². The first-order valence-corrected chi connectivity index (χ1v) is 7.22. The molecule has 0 bridgehead atoms. The number of halogens is 1. The number of benzene rings is 1. The predicted molar refractivity (Wildman–Crippen MR) is 78.9 cm³/mol. The van der Waals surface area contributed by atoms with Gasteiger partial charge in [-0.25, -0.2) is 4.39 Å². The van der Waals surface area contributed by atoms with Gasteiger partial charge in [0, 0.05) is 24.3 Å². The molecular formula is C16H25FN2. The van der Waals surface area contributed by atoms with Gasteiger partial charge in [-0.2, -0.15) is 0 Å². The second kappa shape index (κ2) is 5.49. The third kappa shape index (κ3) is 3.27. The average molecular weight is 264 g/mol. The van der Waals surface area contributed by atoms with Crippen molar-refractivity contribution in [2.45, 2.75) is 52.6 Å². The Labute approximate surface area is 115 Å². The van der Waals surface area contributed by atoms with Gasteiger partial charge in [0.15, 0.2) is 0 Å². The summed E-state index contributed by atoms with van der Waals surface area (Å²) in [5.41, 5.74) is 8.79. The second-order valence-corrected chi connectivity index (χ2v) is 6.23. The zero-order valence-electron chi connectivity index (χ0n) is 12.4. The molecule has 0 unspecified atom stereocenters. The maximum absolute atomic E-state index is 13.8. The van der Waals surface area contributed by atoms with E-state index in [0.29, 0.717) is 17.5 Å². The maximum Gasteiger partial charge on any atom is 0.126 e. The van der Waals surface area contributed by atoms with E-state index < -0.39 is 0 Å². The fourth-order valence-electron chi connectivity index (χ4n) is 2.52. The molecule has 1 aromatic carbocycles. The first kappa shape index (κ1) is 14.3. The number of nitrogens with zero attached hydrogens (tertiary/aromatic N) is 1. The molecule has 0 aliphatic heterocycles. The van der Waals surface area contributed by atoms with Crippen LogP contribution in [0.15, 0.2) is 12.1 Å². The van der Waals surface area contributed by atoms with Crippen LogP contribution in [0.2, 0.25) is 0 Å². The zero-order valence-corrected chi connectivity index (χ0v) is 12.4. The van der Waals surface area contributed by atoms with Gasteiger partial charge >= 0.3 is 0 Å². The summed E-state index contributed by atoms with van der Waals surface area (Å²) >= 11 is 0. The monoisotopic (exact) mass is 264 g/mol. The molecule has 1 aliphatic rings. The molecule has 2 rings (SSSR count). The van der Waals surface area contributed by atoms with Gasteiger partial charge in [-0.15, -0.1) is 0 Å². The van der Waals surface area contributed by atoms with E-state index in [9.17, 15) is 4.39 Å². The standard InChI is InChI=1S/C16H25FN2/c1-10(2)9-19(13-5-6-13)16-7-11(3)15(17)8-14(16)12(4)18/h7-8,10,12-13H,5-6,9,18H2,1-4H3/t12-/m0/s1. The van der Waals surface area contributed by atoms with Crippen molar-refractivity contribution in [3.63, 3.8) is 0 Å². The quantitative estimate of drug-likeness (QED) is 0.877. The van der Waals surface area contributed by atoms with E-state index in [1.54, 1.807) is 6.07 Å². The molecule has 2 N–H and O–H groups in total. The van der Waals surface area contributed by atoms with Crippen molar-refractivity contribution < 1.29 is 4.39 Å². The smallest absolute Gasteiger partial charge is 0.126 e. The van der Waals surface area contributed by atoms with Crippen LogP contribution in [0.25, 0.3) is 0 Å². The number of hydrogen-bond donors (Lipinski definition) is 1. The predicted octanol–water partition coefficient (Wildman–Crippen LogP) is 3.78. The molecule has 0 amide bonds. The van der Waals surface area contributed by atoms with E-state index >= 15 is 0 Å². The molecule has 1 aromatic rings. The Morgan fingerprint density at radius 3 is 2.42 bits per heavy atom. The molecule has 0 aromatic heterocycles. The SMILES string of the molecule is Cc1cc(N(CC(C)C)C2CC2)c([C@H](C)N)cc1F. The topological polar surface area (TPSA) is 29.3 Å². The zero-order chi connectivity index (χ0) is 14.2. The van der Waals surface area contributed by atoms with E-state index in [-0.39, 0.29) is 11.9 Å². The average Bonchev–Trinajstić information content (AvgIpc) is 3.12. The summed E-state index contributed by atoms with van der Waals surface area (Å²) in [7, 11) is 0. The summed E-state index contributed by atoms with van der Waals surface area (Å²) in [4.78, 5) is 2.43. The van der Waals surface area contributed by atoms with Crippen LogP contribution in [0.4, 0.5) is 10.1 Å². The lowest BCUT2D eigenvalue weighted by atomic mass is 10.0. The minimum Gasteiger partial charge on any atom is -0.368 e. The summed E-state index contributed by atoms with van der Waals surface area (Å²) in [5, 5.41) is 0. The molecule has 19 heavy (non-hydrogen) atoms. The van der Waals surface area contributed by atoms with E-state index in [4.69, 9.17) is 5.73 Å². The van der Waals surface area contributed by atoms with Crippen LogP contribution < -0.4 is 10.6 Å². The fraction of sp³-hybridized carbons (Fsp3) is 0.625. The number of anilines is 1. The fourth-order valence-corrected chi connectivity index (χ4v) is 2.52. The highest BCUT2D eigenvalue weighted by Gasteiger charge is 2.31. The number of rotatable bonds is 5. The summed E-state index contributed by atoms with van der Waals surface area (Å²) in [6, 6.07) is 4.06. The third-order valence-electron chi connectivity index (χ3n) is 3.66. The molecule has 0 heterocycles. The Morgan fingerprint density at radius 1 is 1.32 bits per heavy atom. The molecule has 1 aliphatic carbocycles. The maximum atomic E-state index is 13.8. The van der Waals surface area contributed by atoms with Gasteiger partial charge in [0.2, 0.25) is 0 Å². The van der Waals surface area contributed by atoms with Crippen molar-refractivity contribution in [2.24, 2.45) is 11.7 Å². The lowest BCUT2D eigenvalue weighted by Gasteiger charge is -2.30. The Balaban J connectivity index is 2.42. The van der Waals surface area contributed by atoms with Crippen molar-refractivity contribution in [3.05, 3.63) is 29.1 Å². The first-order valence-electron chi connectivity index (χ1n) is 7.22. The van der Waals surface area contributed by atoms with Crippen molar-refractivity contribution in [2.75, 3.05) is 11.4 Å². The molecule has 2 nitrogen and oxygen atoms in total. The van der Waals surface area contributed by atoms with Crippen LogP contribution in [0.1, 0.15) is 50.8 Å². The van der Waals surface area contributed by atoms with Gasteiger partial charge in [0.1, 0.15) is 5.82 Å². The van der Waals surface area contributed by atoms with Crippen molar-refractivity contribution in [3.8, 4) is 0 Å². The van der Waals surface area contributed by atoms with Crippen LogP contribution in [-0.2, 0) is 0 Å². The Kier molecular flexibility index (Phi) is 4.14. The second-order valence-electron chi connectivity index (χ2n) is 6.23. The molecular weight excluding hydrogens is 239 g/mol. The molecule has 0 radical (unpaired) electrons. The van der Waals surface area contributed by atoms with Gasteiger partial charge in [0.25, 0.3) is 0 Å². The molecule has 1 atom stereocenters. The lowest BCUT2D eigenvalue weighted by Crippen LogP contribution is -2.31. The molecule has 1 fully saturated rings. The largest absolute Gasteiger partial charge is 0.368 e. The summed E-state index contributed by atoms with van der Waals surface area (Å²) in [6.45, 7) is 9.20.